The van der Waals surface area contributed by atoms with Gasteiger partial charge in [-0.1, -0.05) is 18.2 Å². The van der Waals surface area contributed by atoms with E-state index in [-0.39, 0.29) is 0 Å². The Labute approximate surface area is 94.3 Å². The molecule has 0 heterocycles. The number of nitrogens with one attached hydrogen (secondary N) is 1. The van der Waals surface area contributed by atoms with Gasteiger partial charge in [-0.05, 0) is 24.1 Å². The lowest BCUT2D eigenvalue weighted by Crippen LogP contribution is -2.06. The molecule has 0 unspecified atom stereocenters. The van der Waals surface area contributed by atoms with Gasteiger partial charge in [0, 0.05) is 5.69 Å². The summed E-state index contributed by atoms with van der Waals surface area (Å²) in [4.78, 5) is 0. The molecule has 7 heteroatoms. The first-order valence-corrected chi connectivity index (χ1v) is 5.63. The van der Waals surface area contributed by atoms with Crippen LogP contribution < -0.4 is 11.3 Å². The first kappa shape index (κ1) is 14.6. The zero-order valence-electron chi connectivity index (χ0n) is 8.50. The number of hydrogen-bond acceptors (Lipinski definition) is 4. The van der Waals surface area contributed by atoms with Gasteiger partial charge in [0.15, 0.2) is 0 Å². The van der Waals surface area contributed by atoms with E-state index in [1.165, 1.54) is 5.56 Å². The van der Waals surface area contributed by atoms with Gasteiger partial charge >= 0.3 is 10.4 Å². The molecule has 0 saturated carbocycles. The van der Waals surface area contributed by atoms with E-state index in [0.29, 0.717) is 0 Å². The van der Waals surface area contributed by atoms with Crippen LogP contribution in [-0.2, 0) is 16.8 Å². The quantitative estimate of drug-likeness (QED) is 0.274. The molecule has 0 atom stereocenters. The topological polar surface area (TPSA) is 113 Å². The summed E-state index contributed by atoms with van der Waals surface area (Å²) in [6, 6.07) is 7.94. The summed E-state index contributed by atoms with van der Waals surface area (Å²) >= 11 is 0. The largest absolute Gasteiger partial charge is 0.394 e. The van der Waals surface area contributed by atoms with Crippen molar-refractivity contribution in [2.45, 2.75) is 6.42 Å². The average Bonchev–Trinajstić information content (AvgIpc) is 2.17. The Bertz CT molecular complexity index is 406. The molecule has 0 radical (unpaired) electrons. The van der Waals surface area contributed by atoms with E-state index < -0.39 is 10.4 Å². The molecule has 16 heavy (non-hydrogen) atoms. The summed E-state index contributed by atoms with van der Waals surface area (Å²) in [5.74, 6) is 5.20. The van der Waals surface area contributed by atoms with Gasteiger partial charge in [-0.2, -0.15) is 8.42 Å². The highest BCUT2D eigenvalue weighted by molar-refractivity contribution is 7.79. The van der Waals surface area contributed by atoms with Crippen LogP contribution in [0.1, 0.15) is 5.56 Å². The van der Waals surface area contributed by atoms with Gasteiger partial charge in [-0.15, -0.1) is 6.58 Å². The maximum atomic E-state index is 8.74. The number of allylic oxidation sites excluding steroid dienone is 1. The smallest absolute Gasteiger partial charge is 0.324 e. The highest BCUT2D eigenvalue weighted by Gasteiger charge is 1.89. The third kappa shape index (κ3) is 9.16. The van der Waals surface area contributed by atoms with Gasteiger partial charge < -0.3 is 5.43 Å². The fraction of sp³-hybridized carbons (Fsp3) is 0.111. The molecule has 90 valence electrons. The maximum absolute atomic E-state index is 8.74. The Balaban J connectivity index is 0.000000385. The summed E-state index contributed by atoms with van der Waals surface area (Å²) in [7, 11) is -4.67. The molecule has 1 rings (SSSR count). The van der Waals surface area contributed by atoms with Crippen molar-refractivity contribution in [2.75, 3.05) is 5.43 Å². The molecular formula is C9H14N2O4S. The maximum Gasteiger partial charge on any atom is 0.394 e. The minimum atomic E-state index is -4.67. The molecule has 5 N–H and O–H groups in total. The van der Waals surface area contributed by atoms with Crippen molar-refractivity contribution in [1.29, 1.82) is 0 Å². The zero-order valence-corrected chi connectivity index (χ0v) is 9.31. The summed E-state index contributed by atoms with van der Waals surface area (Å²) in [6.07, 6.45) is 2.79. The minimum Gasteiger partial charge on any atom is -0.324 e. The Morgan fingerprint density at radius 1 is 1.31 bits per heavy atom. The Kier molecular flexibility index (Phi) is 6.35. The molecule has 0 amide bonds. The molecule has 0 saturated heterocycles. The molecule has 0 aromatic heterocycles. The molecule has 0 bridgehead atoms. The first-order valence-electron chi connectivity index (χ1n) is 4.23. The van der Waals surface area contributed by atoms with Gasteiger partial charge in [0.2, 0.25) is 0 Å². The molecule has 0 aliphatic heterocycles. The summed E-state index contributed by atoms with van der Waals surface area (Å²) in [5.41, 5.74) is 4.75. The van der Waals surface area contributed by atoms with Gasteiger partial charge in [0.05, 0.1) is 0 Å². The third-order valence-corrected chi connectivity index (χ3v) is 1.50. The van der Waals surface area contributed by atoms with Crippen molar-refractivity contribution in [3.63, 3.8) is 0 Å². The standard InChI is InChI=1S/C9H12N2.H2O4S/c1-2-3-8-4-6-9(11-10)7-5-8;1-5(2,3)4/h2,4-7,11H,1,3,10H2;(H2,1,2,3,4). The van der Waals surface area contributed by atoms with Crippen LogP contribution in [0.4, 0.5) is 5.69 Å². The van der Waals surface area contributed by atoms with Crippen LogP contribution in [0.3, 0.4) is 0 Å². The van der Waals surface area contributed by atoms with E-state index in [4.69, 9.17) is 23.4 Å². The summed E-state index contributed by atoms with van der Waals surface area (Å²) in [6.45, 7) is 3.66. The molecular weight excluding hydrogens is 232 g/mol. The molecule has 0 aliphatic rings. The first-order chi connectivity index (χ1) is 7.36. The normalized spacial score (nSPS) is 9.94. The zero-order chi connectivity index (χ0) is 12.6. The van der Waals surface area contributed by atoms with Crippen LogP contribution in [-0.4, -0.2) is 17.5 Å². The van der Waals surface area contributed by atoms with E-state index in [9.17, 15) is 0 Å². The van der Waals surface area contributed by atoms with Crippen LogP contribution >= 0.6 is 0 Å². The number of nitrogens with two attached hydrogens (primary N) is 1. The minimum absolute atomic E-state index is 0.908. The van der Waals surface area contributed by atoms with Crippen LogP contribution in [0.25, 0.3) is 0 Å². The highest BCUT2D eigenvalue weighted by atomic mass is 32.3. The van der Waals surface area contributed by atoms with Crippen molar-refractivity contribution in [1.82, 2.24) is 0 Å². The number of hydrogen-bond donors (Lipinski definition) is 4. The number of anilines is 1. The second kappa shape index (κ2) is 6.96. The number of benzene rings is 1. The number of hydrazine groups is 1. The molecule has 0 spiro atoms. The van der Waals surface area contributed by atoms with Gasteiger partial charge in [0.1, 0.15) is 0 Å². The summed E-state index contributed by atoms with van der Waals surface area (Å²) < 4.78 is 31.6. The van der Waals surface area contributed by atoms with Crippen molar-refractivity contribution in [3.8, 4) is 0 Å². The fourth-order valence-corrected chi connectivity index (χ4v) is 0.904. The van der Waals surface area contributed by atoms with Crippen LogP contribution in [0.15, 0.2) is 36.9 Å². The Hall–Kier alpha value is -1.41. The Morgan fingerprint density at radius 3 is 2.06 bits per heavy atom. The summed E-state index contributed by atoms with van der Waals surface area (Å²) in [5, 5.41) is 0. The van der Waals surface area contributed by atoms with E-state index in [2.05, 4.69) is 12.0 Å². The SMILES string of the molecule is C=CCc1ccc(NN)cc1.O=S(=O)(O)O. The number of nitrogen functional groups attached to an aromatic ring is 1. The second-order valence-corrected chi connectivity index (χ2v) is 3.68. The van der Waals surface area contributed by atoms with E-state index in [0.717, 1.165) is 12.1 Å². The van der Waals surface area contributed by atoms with Gasteiger partial charge in [-0.3, -0.25) is 14.9 Å². The van der Waals surface area contributed by atoms with Crippen molar-refractivity contribution in [2.24, 2.45) is 5.84 Å². The predicted molar refractivity (Wildman–Crippen MR) is 62.3 cm³/mol. The fourth-order valence-electron chi connectivity index (χ4n) is 0.904. The monoisotopic (exact) mass is 246 g/mol. The van der Waals surface area contributed by atoms with Crippen molar-refractivity contribution < 1.29 is 17.5 Å². The van der Waals surface area contributed by atoms with Crippen LogP contribution in [0.2, 0.25) is 0 Å². The lowest BCUT2D eigenvalue weighted by Gasteiger charge is -1.99. The molecule has 0 fully saturated rings. The lowest BCUT2D eigenvalue weighted by molar-refractivity contribution is 0.381. The Morgan fingerprint density at radius 2 is 1.75 bits per heavy atom. The predicted octanol–water partition coefficient (Wildman–Crippen LogP) is 1.05. The third-order valence-electron chi connectivity index (χ3n) is 1.50. The molecule has 6 nitrogen and oxygen atoms in total. The molecule has 0 aliphatic carbocycles. The van der Waals surface area contributed by atoms with E-state index in [1.807, 2.05) is 30.3 Å². The van der Waals surface area contributed by atoms with Gasteiger partial charge in [0.25, 0.3) is 0 Å². The number of rotatable bonds is 3. The van der Waals surface area contributed by atoms with Crippen molar-refractivity contribution >= 4 is 16.1 Å². The average molecular weight is 246 g/mol. The highest BCUT2D eigenvalue weighted by Crippen LogP contribution is 2.08. The van der Waals surface area contributed by atoms with Crippen LogP contribution in [0.5, 0.6) is 0 Å². The van der Waals surface area contributed by atoms with E-state index in [1.54, 1.807) is 0 Å². The molecule has 1 aromatic carbocycles. The van der Waals surface area contributed by atoms with Crippen LogP contribution in [0, 0.1) is 0 Å². The lowest BCUT2D eigenvalue weighted by atomic mass is 10.1. The second-order valence-electron chi connectivity index (χ2n) is 2.78. The van der Waals surface area contributed by atoms with Crippen molar-refractivity contribution in [3.05, 3.63) is 42.5 Å². The van der Waals surface area contributed by atoms with Gasteiger partial charge in [-0.25, -0.2) is 0 Å². The van der Waals surface area contributed by atoms with E-state index >= 15 is 0 Å². The molecule has 1 aromatic rings.